The van der Waals surface area contributed by atoms with Gasteiger partial charge in [0.15, 0.2) is 0 Å². The number of rotatable bonds is 3. The van der Waals surface area contributed by atoms with E-state index in [2.05, 4.69) is 26.2 Å². The third kappa shape index (κ3) is 2.64. The van der Waals surface area contributed by atoms with E-state index in [-0.39, 0.29) is 11.9 Å². The number of para-hydroxylation sites is 1. The second-order valence-corrected chi connectivity index (χ2v) is 6.82. The quantitative estimate of drug-likeness (QED) is 0.639. The number of anilines is 2. The standard InChI is InChI=1S/C17H14BrF3N4/c1-24-8-15(9-4-2-3-5-12(9)22-16(20)21)25-14-6-10(18)11(19)7-13(14)23-17(24)25/h2-7,15-16,22H,8H2,1H3. The van der Waals surface area contributed by atoms with Crippen LogP contribution in [0.25, 0.3) is 11.0 Å². The van der Waals surface area contributed by atoms with Gasteiger partial charge < -0.3 is 14.8 Å². The third-order valence-corrected chi connectivity index (χ3v) is 5.00. The molecule has 1 atom stereocenters. The van der Waals surface area contributed by atoms with Crippen LogP contribution in [0.15, 0.2) is 40.9 Å². The van der Waals surface area contributed by atoms with Crippen LogP contribution in [-0.4, -0.2) is 29.7 Å². The minimum atomic E-state index is -2.65. The first-order valence-electron chi connectivity index (χ1n) is 7.67. The highest BCUT2D eigenvalue weighted by atomic mass is 79.9. The van der Waals surface area contributed by atoms with E-state index < -0.39 is 6.55 Å². The summed E-state index contributed by atoms with van der Waals surface area (Å²) in [4.78, 5) is 6.44. The molecule has 8 heteroatoms. The molecule has 0 fully saturated rings. The number of likely N-dealkylation sites (N-methyl/N-ethyl adjacent to an activating group) is 1. The largest absolute Gasteiger partial charge is 0.343 e. The number of nitrogens with zero attached hydrogens (tertiary/aromatic N) is 3. The van der Waals surface area contributed by atoms with Crippen molar-refractivity contribution in [3.8, 4) is 0 Å². The molecule has 4 rings (SSSR count). The summed E-state index contributed by atoms with van der Waals surface area (Å²) in [6.45, 7) is -2.06. The highest BCUT2D eigenvalue weighted by molar-refractivity contribution is 9.10. The summed E-state index contributed by atoms with van der Waals surface area (Å²) < 4.78 is 41.9. The second kappa shape index (κ2) is 5.94. The highest BCUT2D eigenvalue weighted by Crippen LogP contribution is 2.40. The van der Waals surface area contributed by atoms with Gasteiger partial charge in [-0.05, 0) is 28.1 Å². The molecular weight excluding hydrogens is 397 g/mol. The van der Waals surface area contributed by atoms with Crippen LogP contribution in [0.3, 0.4) is 0 Å². The van der Waals surface area contributed by atoms with Crippen molar-refractivity contribution in [3.05, 3.63) is 52.3 Å². The number of hydrogen-bond donors (Lipinski definition) is 1. The molecule has 25 heavy (non-hydrogen) atoms. The normalized spacial score (nSPS) is 16.7. The fourth-order valence-electron chi connectivity index (χ4n) is 3.35. The van der Waals surface area contributed by atoms with Gasteiger partial charge in [0.2, 0.25) is 5.95 Å². The van der Waals surface area contributed by atoms with Gasteiger partial charge in [0.25, 0.3) is 0 Å². The maximum atomic E-state index is 13.8. The molecule has 1 N–H and O–H groups in total. The fraction of sp³-hybridized carbons (Fsp3) is 0.235. The van der Waals surface area contributed by atoms with Crippen LogP contribution in [0.5, 0.6) is 0 Å². The van der Waals surface area contributed by atoms with Crippen LogP contribution in [0.2, 0.25) is 0 Å². The molecule has 130 valence electrons. The van der Waals surface area contributed by atoms with E-state index in [0.29, 0.717) is 28.2 Å². The minimum absolute atomic E-state index is 0.204. The molecule has 2 aromatic carbocycles. The van der Waals surface area contributed by atoms with Crippen molar-refractivity contribution in [2.24, 2.45) is 0 Å². The van der Waals surface area contributed by atoms with Crippen LogP contribution in [0.1, 0.15) is 11.6 Å². The lowest BCUT2D eigenvalue weighted by Gasteiger charge is -2.19. The van der Waals surface area contributed by atoms with Crippen molar-refractivity contribution >= 4 is 38.6 Å². The zero-order valence-corrected chi connectivity index (χ0v) is 14.8. The summed E-state index contributed by atoms with van der Waals surface area (Å²) in [5.41, 5.74) is 2.41. The van der Waals surface area contributed by atoms with Gasteiger partial charge in [-0.15, -0.1) is 0 Å². The molecule has 1 unspecified atom stereocenters. The van der Waals surface area contributed by atoms with Gasteiger partial charge in [0, 0.05) is 30.9 Å². The molecule has 0 bridgehead atoms. The van der Waals surface area contributed by atoms with Crippen LogP contribution < -0.4 is 10.2 Å². The first kappa shape index (κ1) is 16.3. The number of aromatic nitrogens is 2. The number of nitrogens with one attached hydrogen (secondary N) is 1. The SMILES string of the molecule is CN1CC(c2ccccc2NC(F)F)n2c1nc1cc(F)c(Br)cc12. The Labute approximate surface area is 150 Å². The molecule has 4 nitrogen and oxygen atoms in total. The predicted octanol–water partition coefficient (Wildman–Crippen LogP) is 4.61. The number of alkyl halides is 2. The Kier molecular flexibility index (Phi) is 3.87. The molecule has 1 aliphatic heterocycles. The number of halogens is 4. The number of imidazole rings is 1. The smallest absolute Gasteiger partial charge is 0.312 e. The Hall–Kier alpha value is -2.22. The molecular formula is C17H14BrF3N4. The van der Waals surface area contributed by atoms with E-state index in [4.69, 9.17) is 0 Å². The highest BCUT2D eigenvalue weighted by Gasteiger charge is 2.32. The molecule has 0 aliphatic carbocycles. The number of hydrogen-bond acceptors (Lipinski definition) is 3. The van der Waals surface area contributed by atoms with Gasteiger partial charge in [-0.3, -0.25) is 0 Å². The molecule has 3 aromatic rings. The Balaban J connectivity index is 1.90. The average molecular weight is 411 g/mol. The maximum Gasteiger partial charge on any atom is 0.312 e. The monoisotopic (exact) mass is 410 g/mol. The van der Waals surface area contributed by atoms with Crippen LogP contribution in [0, 0.1) is 5.82 Å². The Bertz CT molecular complexity index is 956. The van der Waals surface area contributed by atoms with Crippen LogP contribution in [-0.2, 0) is 0 Å². The lowest BCUT2D eigenvalue weighted by atomic mass is 10.0. The van der Waals surface area contributed by atoms with Crippen molar-refractivity contribution in [3.63, 3.8) is 0 Å². The van der Waals surface area contributed by atoms with E-state index in [1.165, 1.54) is 6.07 Å². The molecule has 2 heterocycles. The van der Waals surface area contributed by atoms with E-state index >= 15 is 0 Å². The lowest BCUT2D eigenvalue weighted by molar-refractivity contribution is 0.181. The van der Waals surface area contributed by atoms with Gasteiger partial charge in [0.1, 0.15) is 5.82 Å². The number of fused-ring (bicyclic) bond motifs is 3. The van der Waals surface area contributed by atoms with E-state index in [1.54, 1.807) is 18.2 Å². The van der Waals surface area contributed by atoms with Crippen molar-refractivity contribution in [1.82, 2.24) is 9.55 Å². The first-order valence-corrected chi connectivity index (χ1v) is 8.46. The predicted molar refractivity (Wildman–Crippen MR) is 94.9 cm³/mol. The number of benzene rings is 2. The lowest BCUT2D eigenvalue weighted by Crippen LogP contribution is -2.19. The topological polar surface area (TPSA) is 33.1 Å². The molecule has 1 aliphatic rings. The zero-order chi connectivity index (χ0) is 17.7. The van der Waals surface area contributed by atoms with Crippen molar-refractivity contribution in [2.75, 3.05) is 23.8 Å². The van der Waals surface area contributed by atoms with E-state index in [1.807, 2.05) is 28.6 Å². The molecule has 1 aromatic heterocycles. The van der Waals surface area contributed by atoms with E-state index in [9.17, 15) is 13.2 Å². The Morgan fingerprint density at radius 3 is 2.80 bits per heavy atom. The summed E-state index contributed by atoms with van der Waals surface area (Å²) in [5, 5.41) is 2.20. The summed E-state index contributed by atoms with van der Waals surface area (Å²) in [6, 6.07) is 9.83. The second-order valence-electron chi connectivity index (χ2n) is 5.97. The third-order valence-electron chi connectivity index (χ3n) is 4.40. The molecule has 0 amide bonds. The summed E-state index contributed by atoms with van der Waals surface area (Å²) in [5.74, 6) is 0.299. The summed E-state index contributed by atoms with van der Waals surface area (Å²) >= 11 is 3.21. The van der Waals surface area contributed by atoms with E-state index in [0.717, 1.165) is 11.1 Å². The molecule has 0 saturated carbocycles. The maximum absolute atomic E-state index is 13.8. The van der Waals surface area contributed by atoms with Gasteiger partial charge in [0.05, 0.1) is 21.5 Å². The molecule has 0 spiro atoms. The Morgan fingerprint density at radius 2 is 2.04 bits per heavy atom. The van der Waals surface area contributed by atoms with Crippen LogP contribution in [0.4, 0.5) is 24.8 Å². The molecule has 0 saturated heterocycles. The summed E-state index contributed by atoms with van der Waals surface area (Å²) in [6.07, 6.45) is 0. The Morgan fingerprint density at radius 1 is 1.28 bits per heavy atom. The average Bonchev–Trinajstić information content (AvgIpc) is 3.06. The van der Waals surface area contributed by atoms with Crippen LogP contribution >= 0.6 is 15.9 Å². The zero-order valence-electron chi connectivity index (χ0n) is 13.2. The summed E-state index contributed by atoms with van der Waals surface area (Å²) in [7, 11) is 1.88. The minimum Gasteiger partial charge on any atom is -0.343 e. The molecule has 0 radical (unpaired) electrons. The van der Waals surface area contributed by atoms with Gasteiger partial charge in [-0.2, -0.15) is 8.78 Å². The van der Waals surface area contributed by atoms with Gasteiger partial charge in [-0.25, -0.2) is 9.37 Å². The van der Waals surface area contributed by atoms with Crippen molar-refractivity contribution in [2.45, 2.75) is 12.6 Å². The van der Waals surface area contributed by atoms with Gasteiger partial charge >= 0.3 is 6.55 Å². The van der Waals surface area contributed by atoms with Crippen molar-refractivity contribution < 1.29 is 13.2 Å². The van der Waals surface area contributed by atoms with Crippen molar-refractivity contribution in [1.29, 1.82) is 0 Å². The first-order chi connectivity index (χ1) is 12.0. The fourth-order valence-corrected chi connectivity index (χ4v) is 3.68. The van der Waals surface area contributed by atoms with Gasteiger partial charge in [-0.1, -0.05) is 18.2 Å².